The number of imidazole rings is 1. The van der Waals surface area contributed by atoms with Crippen LogP contribution in [0.1, 0.15) is 30.0 Å². The first-order valence-corrected chi connectivity index (χ1v) is 8.77. The standard InChI is InChI=1S/C20H22N4O/c25-19(12-21-11-14-6-7-14)24-20(15-4-2-1-3-5-15)16-8-9-17-18(10-16)23-13-22-17/h1-5,8-10,13-14,20-21H,6-7,11-12H2,(H,22,23)(H,24,25). The molecule has 25 heavy (non-hydrogen) atoms. The molecule has 1 aromatic heterocycles. The molecule has 5 nitrogen and oxygen atoms in total. The molecule has 5 heteroatoms. The Kier molecular flexibility index (Phi) is 4.48. The van der Waals surface area contributed by atoms with E-state index in [2.05, 4.69) is 26.7 Å². The van der Waals surface area contributed by atoms with Gasteiger partial charge in [0.1, 0.15) is 0 Å². The Bertz CT molecular complexity index is 854. The summed E-state index contributed by atoms with van der Waals surface area (Å²) in [5, 5.41) is 6.42. The minimum absolute atomic E-state index is 0.0132. The van der Waals surface area contributed by atoms with Crippen molar-refractivity contribution in [2.45, 2.75) is 18.9 Å². The number of hydrogen-bond acceptors (Lipinski definition) is 3. The quantitative estimate of drug-likeness (QED) is 0.622. The number of carbonyl (C=O) groups is 1. The zero-order valence-corrected chi connectivity index (χ0v) is 14.0. The lowest BCUT2D eigenvalue weighted by Gasteiger charge is -2.20. The second-order valence-electron chi connectivity index (χ2n) is 6.66. The molecular weight excluding hydrogens is 312 g/mol. The lowest BCUT2D eigenvalue weighted by Crippen LogP contribution is -2.37. The van der Waals surface area contributed by atoms with Crippen molar-refractivity contribution < 1.29 is 4.79 Å². The Morgan fingerprint density at radius 2 is 2.00 bits per heavy atom. The van der Waals surface area contributed by atoms with Gasteiger partial charge in [-0.15, -0.1) is 0 Å². The van der Waals surface area contributed by atoms with Crippen molar-refractivity contribution in [3.8, 4) is 0 Å². The van der Waals surface area contributed by atoms with Crippen molar-refractivity contribution in [1.29, 1.82) is 0 Å². The third-order valence-corrected chi connectivity index (χ3v) is 4.63. The summed E-state index contributed by atoms with van der Waals surface area (Å²) in [6.45, 7) is 1.29. The van der Waals surface area contributed by atoms with Crippen molar-refractivity contribution in [1.82, 2.24) is 20.6 Å². The number of benzene rings is 2. The molecule has 1 aliphatic rings. The lowest BCUT2D eigenvalue weighted by molar-refractivity contribution is -0.120. The molecule has 0 bridgehead atoms. The van der Waals surface area contributed by atoms with Gasteiger partial charge < -0.3 is 15.6 Å². The third-order valence-electron chi connectivity index (χ3n) is 4.63. The minimum Gasteiger partial charge on any atom is -0.345 e. The maximum atomic E-state index is 12.4. The van der Waals surface area contributed by atoms with Crippen LogP contribution >= 0.6 is 0 Å². The first-order chi connectivity index (χ1) is 12.3. The van der Waals surface area contributed by atoms with Crippen LogP contribution in [-0.2, 0) is 4.79 Å². The van der Waals surface area contributed by atoms with Crippen LogP contribution in [0.25, 0.3) is 11.0 Å². The fraction of sp³-hybridized carbons (Fsp3) is 0.300. The maximum Gasteiger partial charge on any atom is 0.234 e. The van der Waals surface area contributed by atoms with Gasteiger partial charge in [0, 0.05) is 0 Å². The summed E-state index contributed by atoms with van der Waals surface area (Å²) >= 11 is 0. The molecule has 3 aromatic rings. The number of H-pyrrole nitrogens is 1. The number of aromatic nitrogens is 2. The number of nitrogens with one attached hydrogen (secondary N) is 3. The first kappa shape index (κ1) is 15.8. The number of nitrogens with zero attached hydrogens (tertiary/aromatic N) is 1. The Labute approximate surface area is 146 Å². The molecule has 1 saturated carbocycles. The van der Waals surface area contributed by atoms with E-state index >= 15 is 0 Å². The van der Waals surface area contributed by atoms with Crippen LogP contribution in [0.5, 0.6) is 0 Å². The fourth-order valence-electron chi connectivity index (χ4n) is 3.06. The largest absolute Gasteiger partial charge is 0.345 e. The highest BCUT2D eigenvalue weighted by atomic mass is 16.1. The summed E-state index contributed by atoms with van der Waals surface area (Å²) < 4.78 is 0. The molecule has 3 N–H and O–H groups in total. The highest BCUT2D eigenvalue weighted by Crippen LogP contribution is 2.27. The Hall–Kier alpha value is -2.66. The third kappa shape index (κ3) is 3.88. The number of carbonyl (C=O) groups excluding carboxylic acids is 1. The van der Waals surface area contributed by atoms with E-state index in [1.54, 1.807) is 6.33 Å². The fourth-order valence-corrected chi connectivity index (χ4v) is 3.06. The molecule has 4 rings (SSSR count). The van der Waals surface area contributed by atoms with E-state index in [9.17, 15) is 4.79 Å². The molecule has 1 atom stereocenters. The minimum atomic E-state index is -0.177. The van der Waals surface area contributed by atoms with E-state index < -0.39 is 0 Å². The molecule has 2 aromatic carbocycles. The van der Waals surface area contributed by atoms with Gasteiger partial charge in [0.05, 0.1) is 29.9 Å². The van der Waals surface area contributed by atoms with Crippen molar-refractivity contribution in [2.75, 3.05) is 13.1 Å². The molecule has 0 saturated heterocycles. The van der Waals surface area contributed by atoms with E-state index in [-0.39, 0.29) is 11.9 Å². The molecule has 1 fully saturated rings. The van der Waals surface area contributed by atoms with E-state index in [1.807, 2.05) is 42.5 Å². The van der Waals surface area contributed by atoms with Crippen molar-refractivity contribution in [3.63, 3.8) is 0 Å². The second kappa shape index (κ2) is 7.07. The van der Waals surface area contributed by atoms with Crippen LogP contribution in [0.3, 0.4) is 0 Å². The SMILES string of the molecule is O=C(CNCC1CC1)NC(c1ccccc1)c1ccc2nc[nH]c2c1. The summed E-state index contributed by atoms with van der Waals surface area (Å²) in [6.07, 6.45) is 4.25. The molecule has 0 radical (unpaired) electrons. The maximum absolute atomic E-state index is 12.4. The summed E-state index contributed by atoms with van der Waals surface area (Å²) in [5.41, 5.74) is 4.00. The Morgan fingerprint density at radius 3 is 2.80 bits per heavy atom. The van der Waals surface area contributed by atoms with Gasteiger partial charge in [-0.3, -0.25) is 4.79 Å². The van der Waals surface area contributed by atoms with E-state index in [0.717, 1.165) is 34.6 Å². The van der Waals surface area contributed by atoms with E-state index in [4.69, 9.17) is 0 Å². The van der Waals surface area contributed by atoms with E-state index in [0.29, 0.717) is 6.54 Å². The van der Waals surface area contributed by atoms with E-state index in [1.165, 1.54) is 12.8 Å². The number of aromatic amines is 1. The van der Waals surface area contributed by atoms with Gasteiger partial charge in [0.2, 0.25) is 5.91 Å². The summed E-state index contributed by atoms with van der Waals surface area (Å²) in [5.74, 6) is 0.778. The smallest absolute Gasteiger partial charge is 0.234 e. The molecule has 128 valence electrons. The normalized spacial score (nSPS) is 15.2. The van der Waals surface area contributed by atoms with Crippen molar-refractivity contribution >= 4 is 16.9 Å². The molecule has 1 unspecified atom stereocenters. The number of fused-ring (bicyclic) bond motifs is 1. The number of amides is 1. The predicted molar refractivity (Wildman–Crippen MR) is 98.1 cm³/mol. The van der Waals surface area contributed by atoms with Gasteiger partial charge in [-0.1, -0.05) is 36.4 Å². The zero-order chi connectivity index (χ0) is 17.1. The first-order valence-electron chi connectivity index (χ1n) is 8.77. The van der Waals surface area contributed by atoms with Gasteiger partial charge in [-0.05, 0) is 48.6 Å². The van der Waals surface area contributed by atoms with Crippen LogP contribution in [0.15, 0.2) is 54.9 Å². The van der Waals surface area contributed by atoms with Gasteiger partial charge in [0.25, 0.3) is 0 Å². The molecular formula is C20H22N4O. The molecule has 1 aliphatic carbocycles. The number of hydrogen-bond donors (Lipinski definition) is 3. The van der Waals surface area contributed by atoms with Gasteiger partial charge >= 0.3 is 0 Å². The topological polar surface area (TPSA) is 69.8 Å². The highest BCUT2D eigenvalue weighted by Gasteiger charge is 2.21. The van der Waals surface area contributed by atoms with Gasteiger partial charge in [-0.25, -0.2) is 4.98 Å². The van der Waals surface area contributed by atoms with Gasteiger partial charge in [0.15, 0.2) is 0 Å². The summed E-state index contributed by atoms with van der Waals surface area (Å²) in [7, 11) is 0. The van der Waals surface area contributed by atoms with Crippen molar-refractivity contribution in [2.24, 2.45) is 5.92 Å². The average molecular weight is 334 g/mol. The second-order valence-corrected chi connectivity index (χ2v) is 6.66. The Morgan fingerprint density at radius 1 is 1.16 bits per heavy atom. The monoisotopic (exact) mass is 334 g/mol. The van der Waals surface area contributed by atoms with Crippen LogP contribution in [0.4, 0.5) is 0 Å². The van der Waals surface area contributed by atoms with Crippen LogP contribution in [0, 0.1) is 5.92 Å². The predicted octanol–water partition coefficient (Wildman–Crippen LogP) is 2.77. The van der Waals surface area contributed by atoms with Crippen LogP contribution < -0.4 is 10.6 Å². The molecule has 0 spiro atoms. The average Bonchev–Trinajstić information content (AvgIpc) is 3.34. The Balaban J connectivity index is 1.54. The van der Waals surface area contributed by atoms with Gasteiger partial charge in [-0.2, -0.15) is 0 Å². The molecule has 1 heterocycles. The lowest BCUT2D eigenvalue weighted by atomic mass is 9.98. The van der Waals surface area contributed by atoms with Crippen LogP contribution in [-0.4, -0.2) is 29.0 Å². The molecule has 1 amide bonds. The summed E-state index contributed by atoms with van der Waals surface area (Å²) in [6, 6.07) is 15.9. The van der Waals surface area contributed by atoms with Crippen molar-refractivity contribution in [3.05, 3.63) is 66.0 Å². The zero-order valence-electron chi connectivity index (χ0n) is 14.0. The van der Waals surface area contributed by atoms with Crippen LogP contribution in [0.2, 0.25) is 0 Å². The number of rotatable bonds is 7. The highest BCUT2D eigenvalue weighted by molar-refractivity contribution is 5.80. The molecule has 0 aliphatic heterocycles. The summed E-state index contributed by atoms with van der Waals surface area (Å²) in [4.78, 5) is 19.8.